The van der Waals surface area contributed by atoms with Crippen LogP contribution in [0, 0.1) is 0 Å². The second kappa shape index (κ2) is 39.9. The molecule has 506 valence electrons. The summed E-state index contributed by atoms with van der Waals surface area (Å²) in [5.41, 5.74) is 11.4. The first-order chi connectivity index (χ1) is 44.5. The van der Waals surface area contributed by atoms with Gasteiger partial charge >= 0.3 is 11.9 Å². The highest BCUT2D eigenvalue weighted by atomic mass is 35.5. The number of halogens is 3. The van der Waals surface area contributed by atoms with E-state index in [1.807, 2.05) is 77.9 Å². The molecule has 0 saturated carbocycles. The van der Waals surface area contributed by atoms with Crippen molar-refractivity contribution in [1.29, 1.82) is 0 Å². The first kappa shape index (κ1) is 76.2. The van der Waals surface area contributed by atoms with E-state index in [1.54, 1.807) is 64.8 Å². The van der Waals surface area contributed by atoms with Crippen LogP contribution in [0.4, 0.5) is 17.3 Å². The smallest absolute Gasteiger partial charge is 0.306 e. The zero-order valence-electron chi connectivity index (χ0n) is 54.7. The minimum Gasteiger partial charge on any atom is -0.491 e. The number of anilines is 3. The van der Waals surface area contributed by atoms with Crippen LogP contribution >= 0.6 is 34.8 Å². The van der Waals surface area contributed by atoms with Crippen molar-refractivity contribution in [1.82, 2.24) is 29.9 Å². The van der Waals surface area contributed by atoms with Crippen LogP contribution in [0.2, 0.25) is 15.5 Å². The molecule has 0 aliphatic carbocycles. The summed E-state index contributed by atoms with van der Waals surface area (Å²) in [5.74, 6) is 2.73. The monoisotopic (exact) mass is 1350 g/mol. The molecular weight excluding hydrogens is 1260 g/mol. The van der Waals surface area contributed by atoms with Crippen LogP contribution in [0.25, 0.3) is 33.1 Å². The number of fused-ring (bicyclic) bond motifs is 4. The molecule has 93 heavy (non-hydrogen) atoms. The summed E-state index contributed by atoms with van der Waals surface area (Å²) in [7, 11) is 6.49. The second-order valence-corrected chi connectivity index (χ2v) is 23.8. The molecule has 5 N–H and O–H groups in total. The van der Waals surface area contributed by atoms with Crippen LogP contribution in [0.15, 0.2) is 72.8 Å². The molecule has 0 saturated heterocycles. The van der Waals surface area contributed by atoms with Gasteiger partial charge in [0, 0.05) is 97.3 Å². The highest BCUT2D eigenvalue weighted by Crippen LogP contribution is 2.29. The number of nitrogens with zero attached hydrogens (tertiary/aromatic N) is 6. The summed E-state index contributed by atoms with van der Waals surface area (Å²) in [6.45, 7) is 16.9. The first-order valence-electron chi connectivity index (χ1n) is 30.5. The lowest BCUT2D eigenvalue weighted by Crippen LogP contribution is -2.29. The molecule has 8 rings (SSSR count). The van der Waals surface area contributed by atoms with Gasteiger partial charge in [-0.2, -0.15) is 0 Å². The number of rotatable bonds is 31. The summed E-state index contributed by atoms with van der Waals surface area (Å²) in [6, 6.07) is 21.7. The predicted octanol–water partition coefficient (Wildman–Crippen LogP) is 11.8. The average molecular weight is 1350 g/mol. The minimum absolute atomic E-state index is 0.148. The highest BCUT2D eigenvalue weighted by molar-refractivity contribution is 6.42. The number of amides is 1. The number of nitrogens with two attached hydrogens (primary N) is 1. The fourth-order valence-electron chi connectivity index (χ4n) is 8.41. The lowest BCUT2D eigenvalue weighted by molar-refractivity contribution is -0.156. The fourth-order valence-corrected chi connectivity index (χ4v) is 8.88. The van der Waals surface area contributed by atoms with Crippen molar-refractivity contribution >= 4 is 109 Å². The number of carbonyl (C=O) groups excluding carboxylic acids is 4. The lowest BCUT2D eigenvalue weighted by Gasteiger charge is -2.19. The fraction of sp³-hybridized carbons (Fsp3) is 0.485. The van der Waals surface area contributed by atoms with E-state index >= 15 is 0 Å². The number of unbranched alkanes of at least 4 members (excludes halogenated alkanes) is 4. The standard InChI is InChI=1S/C22H34N4O4.C21H30ClN3O4.C12H13NO4.C11H10Cl2N2O2/c1-22(2,3)30-20(27)8-6-5-7-11-24-21-19(15-23)25-17-10-9-16(14-18(17)26-21)29-13-12-28-4;1-21(2,3)29-18(26)8-6-5-7-11-23-20-19(22)24-16-10-9-15(14-17(16)25-20)28-13-12-27-4;1-16-4-5-17-9-3-2-8-6-11(14)12(15)13-10(8)7-9;1-16-4-5-17-7-2-3-8-9(6-7)15-11(13)10(12)14-8/h9-10,14H,5-8,11-13,15,23H2,1-4H3,(H,24,26);9-10,14H,5-8,11-13H2,1-4H3,(H,23,25);2-3,7H,4-6H2,1H3,(H,13,15);2-3,6H,4-5H2,1H3. The zero-order chi connectivity index (χ0) is 67.8. The van der Waals surface area contributed by atoms with E-state index in [1.165, 1.54) is 0 Å². The van der Waals surface area contributed by atoms with E-state index in [9.17, 15) is 19.2 Å². The summed E-state index contributed by atoms with van der Waals surface area (Å²) in [4.78, 5) is 72.3. The van der Waals surface area contributed by atoms with Gasteiger partial charge < -0.3 is 69.1 Å². The van der Waals surface area contributed by atoms with Crippen molar-refractivity contribution in [3.8, 4) is 23.0 Å². The molecule has 0 fully saturated rings. The van der Waals surface area contributed by atoms with Crippen molar-refractivity contribution in [3.05, 3.63) is 99.5 Å². The number of aromatic nitrogens is 6. The van der Waals surface area contributed by atoms with Gasteiger partial charge in [-0.3, -0.25) is 19.2 Å². The molecule has 7 aromatic rings. The molecular formula is C66H87Cl3N10O14. The summed E-state index contributed by atoms with van der Waals surface area (Å²) >= 11 is 17.8. The number of hydrogen-bond acceptors (Lipinski definition) is 23. The number of nitrogens with one attached hydrogen (secondary N) is 3. The van der Waals surface area contributed by atoms with Crippen LogP contribution in [0.5, 0.6) is 23.0 Å². The molecule has 0 bridgehead atoms. The molecule has 1 amide bonds. The Kier molecular flexibility index (Phi) is 32.7. The van der Waals surface area contributed by atoms with Crippen molar-refractivity contribution in [2.75, 3.05) is 110 Å². The number of Topliss-reactive ketones (excluding diaryl/α,β-unsaturated/α-hetero) is 1. The van der Waals surface area contributed by atoms with Gasteiger partial charge in [-0.25, -0.2) is 29.9 Å². The Balaban J connectivity index is 0.000000232. The molecule has 24 nitrogen and oxygen atoms in total. The van der Waals surface area contributed by atoms with Gasteiger partial charge in [-0.15, -0.1) is 0 Å². The van der Waals surface area contributed by atoms with Gasteiger partial charge in [0.15, 0.2) is 21.3 Å². The topological polar surface area (TPSA) is 300 Å². The predicted molar refractivity (Wildman–Crippen MR) is 360 cm³/mol. The maximum Gasteiger partial charge on any atom is 0.306 e. The lowest BCUT2D eigenvalue weighted by atomic mass is 10.0. The summed E-state index contributed by atoms with van der Waals surface area (Å²) < 4.78 is 52.5. The molecule has 4 aromatic carbocycles. The van der Waals surface area contributed by atoms with Gasteiger partial charge in [0.05, 0.1) is 65.2 Å². The van der Waals surface area contributed by atoms with Crippen LogP contribution in [-0.2, 0) is 60.6 Å². The second-order valence-electron chi connectivity index (χ2n) is 22.7. The quantitative estimate of drug-likeness (QED) is 0.0178. The Labute approximate surface area is 558 Å². The minimum atomic E-state index is -0.563. The van der Waals surface area contributed by atoms with Crippen molar-refractivity contribution < 1.29 is 66.5 Å². The Hall–Kier alpha value is -7.55. The van der Waals surface area contributed by atoms with Crippen LogP contribution < -0.4 is 40.6 Å². The van der Waals surface area contributed by atoms with E-state index in [-0.39, 0.29) is 28.7 Å². The largest absolute Gasteiger partial charge is 0.491 e. The van der Waals surface area contributed by atoms with Gasteiger partial charge in [0.25, 0.3) is 5.91 Å². The van der Waals surface area contributed by atoms with E-state index in [4.69, 9.17) is 87.9 Å². The molecule has 0 spiro atoms. The van der Waals surface area contributed by atoms with E-state index < -0.39 is 22.9 Å². The van der Waals surface area contributed by atoms with Crippen LogP contribution in [-0.4, -0.2) is 159 Å². The third-order valence-electron chi connectivity index (χ3n) is 12.7. The Morgan fingerprint density at radius 1 is 0.484 bits per heavy atom. The number of ether oxygens (including phenoxy) is 10. The maximum absolute atomic E-state index is 11.7. The molecule has 0 unspecified atom stereocenters. The SMILES string of the molecule is COCCOc1ccc2c(c1)NC(=O)C(=O)C2.COCCOc1ccc2nc(CN)c(NCCCCCC(=O)OC(C)(C)C)nc2c1.COCCOc1ccc2nc(Cl)c(Cl)nc2c1.COCCOc1ccc2nc(Cl)c(NCCCCCC(=O)OC(C)(C)C)nc2c1. The Morgan fingerprint density at radius 3 is 1.31 bits per heavy atom. The third kappa shape index (κ3) is 28.3. The molecule has 0 atom stereocenters. The van der Waals surface area contributed by atoms with E-state index in [0.717, 1.165) is 73.1 Å². The molecule has 0 radical (unpaired) electrons. The molecule has 4 heterocycles. The van der Waals surface area contributed by atoms with Crippen molar-refractivity contribution in [2.24, 2.45) is 5.73 Å². The number of esters is 2. The molecule has 27 heteroatoms. The van der Waals surface area contributed by atoms with E-state index in [2.05, 4.69) is 45.9 Å². The van der Waals surface area contributed by atoms with Crippen molar-refractivity contribution in [3.63, 3.8) is 0 Å². The average Bonchev–Trinajstić information content (AvgIpc) is 0.928. The van der Waals surface area contributed by atoms with E-state index in [0.29, 0.717) is 141 Å². The van der Waals surface area contributed by atoms with Crippen LogP contribution in [0.3, 0.4) is 0 Å². The normalized spacial score (nSPS) is 11.8. The highest BCUT2D eigenvalue weighted by Gasteiger charge is 2.24. The first-order valence-corrected chi connectivity index (χ1v) is 31.6. The molecule has 1 aliphatic heterocycles. The maximum atomic E-state index is 11.7. The van der Waals surface area contributed by atoms with Gasteiger partial charge in [0.1, 0.15) is 66.4 Å². The van der Waals surface area contributed by atoms with Crippen LogP contribution in [0.1, 0.15) is 104 Å². The summed E-state index contributed by atoms with van der Waals surface area (Å²) in [6.07, 6.45) is 6.23. The zero-order valence-corrected chi connectivity index (χ0v) is 56.9. The number of methoxy groups -OCH3 is 4. The molecule has 1 aliphatic rings. The summed E-state index contributed by atoms with van der Waals surface area (Å²) in [5, 5.41) is 9.81. The Bertz CT molecular complexity index is 3520. The molecule has 3 aromatic heterocycles. The van der Waals surface area contributed by atoms with Gasteiger partial charge in [-0.1, -0.05) is 53.7 Å². The third-order valence-corrected chi connectivity index (χ3v) is 13.6. The number of benzene rings is 4. The van der Waals surface area contributed by atoms with Gasteiger partial charge in [0.2, 0.25) is 5.78 Å². The number of ketones is 1. The number of carbonyl (C=O) groups is 4. The van der Waals surface area contributed by atoms with Gasteiger partial charge in [-0.05, 0) is 115 Å². The number of hydrogen-bond donors (Lipinski definition) is 4. The van der Waals surface area contributed by atoms with Crippen molar-refractivity contribution in [2.45, 2.75) is 117 Å². The Morgan fingerprint density at radius 2 is 0.871 bits per heavy atom.